The summed E-state index contributed by atoms with van der Waals surface area (Å²) >= 11 is 0. The van der Waals surface area contributed by atoms with E-state index in [0.29, 0.717) is 41.9 Å². The van der Waals surface area contributed by atoms with Crippen LogP contribution in [0, 0.1) is 23.1 Å². The molecule has 2 heterocycles. The SMILES string of the molecule is CCCOCCCCCCNc1c(F)cc2c(=O)c(C(=O)NCC3CCCC(CNC)C3)cn3c2c1Oc1cc2ccccc2cc1-3.N=CN. The smallest absolute Gasteiger partial charge is 0.256 e. The van der Waals surface area contributed by atoms with E-state index in [0.717, 1.165) is 88.2 Å². The number of anilines is 1. The van der Waals surface area contributed by atoms with E-state index in [1.165, 1.54) is 12.5 Å². The summed E-state index contributed by atoms with van der Waals surface area (Å²) in [5.41, 5.74) is 5.25. The number of halogens is 1. The van der Waals surface area contributed by atoms with Crippen LogP contribution in [0.25, 0.3) is 27.4 Å². The minimum absolute atomic E-state index is 0.00457. The molecule has 4 aromatic rings. The Morgan fingerprint density at radius 3 is 2.54 bits per heavy atom. The number of hydrogen-bond donors (Lipinski definition) is 5. The van der Waals surface area contributed by atoms with Crippen molar-refractivity contribution in [3.05, 3.63) is 70.3 Å². The van der Waals surface area contributed by atoms with Crippen molar-refractivity contribution in [2.75, 3.05) is 45.2 Å². The molecule has 1 aliphatic heterocycles. The molecule has 50 heavy (non-hydrogen) atoms. The van der Waals surface area contributed by atoms with Crippen LogP contribution >= 0.6 is 0 Å². The Hall–Kier alpha value is -4.48. The van der Waals surface area contributed by atoms with Gasteiger partial charge in [-0.05, 0) is 92.9 Å². The zero-order valence-corrected chi connectivity index (χ0v) is 29.3. The van der Waals surface area contributed by atoms with Gasteiger partial charge in [-0.3, -0.25) is 15.0 Å². The van der Waals surface area contributed by atoms with E-state index in [-0.39, 0.29) is 22.4 Å². The highest BCUT2D eigenvalue weighted by Gasteiger charge is 2.29. The average molecular weight is 687 g/mol. The minimum Gasteiger partial charge on any atom is -0.451 e. The zero-order valence-electron chi connectivity index (χ0n) is 29.3. The Morgan fingerprint density at radius 1 is 1.08 bits per heavy atom. The highest BCUT2D eigenvalue weighted by Crippen LogP contribution is 2.46. The molecule has 2 atom stereocenters. The van der Waals surface area contributed by atoms with Crippen LogP contribution < -0.4 is 31.8 Å². The number of nitrogens with zero attached hydrogens (tertiary/aromatic N) is 1. The number of ether oxygens (including phenoxy) is 2. The first kappa shape index (κ1) is 36.8. The minimum atomic E-state index is -0.580. The third-order valence-corrected chi connectivity index (χ3v) is 9.54. The molecule has 2 aliphatic rings. The Morgan fingerprint density at radius 2 is 1.80 bits per heavy atom. The van der Waals surface area contributed by atoms with Gasteiger partial charge in [-0.2, -0.15) is 0 Å². The van der Waals surface area contributed by atoms with Crippen LogP contribution in [0.3, 0.4) is 0 Å². The van der Waals surface area contributed by atoms with Gasteiger partial charge in [0.1, 0.15) is 16.8 Å². The normalized spacial score (nSPS) is 16.2. The van der Waals surface area contributed by atoms with E-state index < -0.39 is 17.2 Å². The first-order chi connectivity index (χ1) is 24.4. The summed E-state index contributed by atoms with van der Waals surface area (Å²) in [6.07, 6.45) is 11.7. The second kappa shape index (κ2) is 18.0. The van der Waals surface area contributed by atoms with Crippen molar-refractivity contribution in [3.8, 4) is 17.2 Å². The van der Waals surface area contributed by atoms with Gasteiger partial charge in [0.05, 0.1) is 17.4 Å². The number of nitrogens with one attached hydrogen (secondary N) is 4. The predicted molar refractivity (Wildman–Crippen MR) is 200 cm³/mol. The van der Waals surface area contributed by atoms with E-state index in [1.807, 2.05) is 48.0 Å². The summed E-state index contributed by atoms with van der Waals surface area (Å²) < 4.78 is 29.7. The van der Waals surface area contributed by atoms with Crippen molar-refractivity contribution < 1.29 is 18.7 Å². The van der Waals surface area contributed by atoms with Crippen LogP contribution in [0.15, 0.2) is 53.5 Å². The Bertz CT molecular complexity index is 1840. The van der Waals surface area contributed by atoms with Gasteiger partial charge in [0.25, 0.3) is 5.91 Å². The molecular weight excluding hydrogens is 635 g/mol. The molecule has 1 fully saturated rings. The molecule has 0 bridgehead atoms. The summed E-state index contributed by atoms with van der Waals surface area (Å²) in [6, 6.07) is 13.1. The highest BCUT2D eigenvalue weighted by atomic mass is 19.1. The van der Waals surface area contributed by atoms with Gasteiger partial charge in [-0.15, -0.1) is 0 Å². The molecule has 2 unspecified atom stereocenters. The molecule has 0 radical (unpaired) electrons. The monoisotopic (exact) mass is 686 g/mol. The molecule has 1 aliphatic carbocycles. The molecule has 1 aromatic heterocycles. The van der Waals surface area contributed by atoms with Crippen LogP contribution in [0.2, 0.25) is 0 Å². The quantitative estimate of drug-likeness (QED) is 0.0449. The molecule has 1 amide bonds. The molecule has 0 spiro atoms. The molecule has 268 valence electrons. The molecule has 6 N–H and O–H groups in total. The molecule has 1 saturated carbocycles. The maximum Gasteiger partial charge on any atom is 0.256 e. The summed E-state index contributed by atoms with van der Waals surface area (Å²) in [4.78, 5) is 27.5. The molecule has 10 nitrogen and oxygen atoms in total. The number of amides is 1. The number of carbonyl (C=O) groups excluding carboxylic acids is 1. The van der Waals surface area contributed by atoms with Gasteiger partial charge in [0, 0.05) is 32.5 Å². The van der Waals surface area contributed by atoms with Crippen LogP contribution in [-0.2, 0) is 4.74 Å². The largest absolute Gasteiger partial charge is 0.451 e. The third-order valence-electron chi connectivity index (χ3n) is 9.54. The Kier molecular flexibility index (Phi) is 13.2. The average Bonchev–Trinajstić information content (AvgIpc) is 3.11. The fourth-order valence-electron chi connectivity index (χ4n) is 7.17. The van der Waals surface area contributed by atoms with Crippen molar-refractivity contribution in [2.24, 2.45) is 17.6 Å². The first-order valence-electron chi connectivity index (χ1n) is 18.0. The number of rotatable bonds is 15. The number of carbonyl (C=O) groups is 1. The zero-order chi connectivity index (χ0) is 35.5. The van der Waals surface area contributed by atoms with Crippen LogP contribution in [-0.4, -0.2) is 56.7 Å². The summed E-state index contributed by atoms with van der Waals surface area (Å²) in [5.74, 6) is 0.731. The van der Waals surface area contributed by atoms with Crippen molar-refractivity contribution in [1.82, 2.24) is 15.2 Å². The van der Waals surface area contributed by atoms with Crippen LogP contribution in [0.4, 0.5) is 10.1 Å². The Labute approximate surface area is 293 Å². The van der Waals surface area contributed by atoms with Crippen molar-refractivity contribution in [1.29, 1.82) is 5.41 Å². The molecule has 6 rings (SSSR count). The molecule has 3 aromatic carbocycles. The highest BCUT2D eigenvalue weighted by molar-refractivity contribution is 6.02. The predicted octanol–water partition coefficient (Wildman–Crippen LogP) is 7.10. The second-order valence-corrected chi connectivity index (χ2v) is 13.3. The van der Waals surface area contributed by atoms with Gasteiger partial charge >= 0.3 is 0 Å². The van der Waals surface area contributed by atoms with E-state index in [4.69, 9.17) is 14.9 Å². The topological polar surface area (TPSA) is 143 Å². The number of aromatic nitrogens is 1. The second-order valence-electron chi connectivity index (χ2n) is 13.3. The molecule has 0 saturated heterocycles. The van der Waals surface area contributed by atoms with Crippen molar-refractivity contribution >= 4 is 39.6 Å². The Balaban J connectivity index is 0.00000156. The van der Waals surface area contributed by atoms with Crippen LogP contribution in [0.1, 0.15) is 75.1 Å². The van der Waals surface area contributed by atoms with Gasteiger partial charge in [0.15, 0.2) is 17.3 Å². The number of nitrogens with two attached hydrogens (primary N) is 1. The van der Waals surface area contributed by atoms with Crippen LogP contribution in [0.5, 0.6) is 11.5 Å². The van der Waals surface area contributed by atoms with Gasteiger partial charge in [0.2, 0.25) is 5.43 Å². The van der Waals surface area contributed by atoms with Gasteiger partial charge in [-0.1, -0.05) is 50.5 Å². The van der Waals surface area contributed by atoms with E-state index in [2.05, 4.69) is 28.6 Å². The standard InChI is InChI=1S/C38H47FN4O4.CH4N2/c1-3-16-46-17-9-5-4-8-15-41-34-31(39)21-29-35-37(34)47-33-20-28-14-7-6-13-27(28)19-32(33)43(35)24-30(36(29)44)38(45)42-23-26-12-10-11-25(18-26)22-40-2;2-1-3/h6-7,13-14,19-21,24-26,40-41H,3-5,8-12,15-18,22-23H2,1-2H3,(H,42,45);1H,(H3,2,3). The summed E-state index contributed by atoms with van der Waals surface area (Å²) in [5, 5.41) is 17.5. The maximum absolute atomic E-state index is 15.9. The number of unbranched alkanes of at least 4 members (excludes halogenated alkanes) is 3. The van der Waals surface area contributed by atoms with Gasteiger partial charge in [-0.25, -0.2) is 4.39 Å². The van der Waals surface area contributed by atoms with E-state index >= 15 is 4.39 Å². The third kappa shape index (κ3) is 8.62. The van der Waals surface area contributed by atoms with E-state index in [1.54, 1.807) is 6.20 Å². The number of benzene rings is 3. The lowest BCUT2D eigenvalue weighted by molar-refractivity contribution is 0.0938. The summed E-state index contributed by atoms with van der Waals surface area (Å²) in [6.45, 7) is 5.69. The number of pyridine rings is 1. The first-order valence-corrected chi connectivity index (χ1v) is 18.0. The maximum atomic E-state index is 15.9. The fraction of sp³-hybridized carbons (Fsp3) is 0.462. The summed E-state index contributed by atoms with van der Waals surface area (Å²) in [7, 11) is 1.97. The van der Waals surface area contributed by atoms with Gasteiger partial charge < -0.3 is 35.7 Å². The lowest BCUT2D eigenvalue weighted by Gasteiger charge is -2.29. The molecule has 11 heteroatoms. The fourth-order valence-corrected chi connectivity index (χ4v) is 7.17. The molecular formula is C39H51FN6O4. The number of fused-ring (bicyclic) bond motifs is 3. The van der Waals surface area contributed by atoms with Crippen molar-refractivity contribution in [2.45, 2.75) is 64.7 Å². The van der Waals surface area contributed by atoms with Crippen molar-refractivity contribution in [3.63, 3.8) is 0 Å². The lowest BCUT2D eigenvalue weighted by atomic mass is 9.81. The number of hydrogen-bond acceptors (Lipinski definition) is 7. The lowest BCUT2D eigenvalue weighted by Crippen LogP contribution is -2.36. The van der Waals surface area contributed by atoms with E-state index in [9.17, 15) is 9.59 Å².